The van der Waals surface area contributed by atoms with E-state index in [4.69, 9.17) is 4.42 Å². The Hall–Kier alpha value is -1.62. The number of pyridine rings is 1. The van der Waals surface area contributed by atoms with Crippen LogP contribution in [-0.2, 0) is 21.3 Å². The third-order valence-corrected chi connectivity index (χ3v) is 4.75. The molecule has 20 heavy (non-hydrogen) atoms. The minimum atomic E-state index is -0.290. The summed E-state index contributed by atoms with van der Waals surface area (Å²) in [5.41, 5.74) is 1.60. The number of carbonyl (C=O) groups excluding carboxylic acids is 1. The third-order valence-electron chi connectivity index (χ3n) is 2.97. The molecule has 5 heteroatoms. The van der Waals surface area contributed by atoms with E-state index in [0.717, 1.165) is 32.8 Å². The van der Waals surface area contributed by atoms with Crippen LogP contribution in [0.25, 0.3) is 6.08 Å². The van der Waals surface area contributed by atoms with Crippen LogP contribution in [0.3, 0.4) is 0 Å². The van der Waals surface area contributed by atoms with Crippen molar-refractivity contribution >= 4 is 11.9 Å². The molecule has 0 bridgehead atoms. The number of allylic oxidation sites excluding steroid dienone is 1. The number of carbonyl (C=O) groups is 1. The van der Waals surface area contributed by atoms with Crippen LogP contribution in [-0.4, -0.2) is 8.75 Å². The molecule has 2 rings (SSSR count). The monoisotopic (exact) mass is 437 g/mol. The van der Waals surface area contributed by atoms with Crippen LogP contribution in [0, 0.1) is 20.8 Å². The van der Waals surface area contributed by atoms with Crippen molar-refractivity contribution < 1.29 is 30.5 Å². The zero-order valence-corrected chi connectivity index (χ0v) is 14.7. The first kappa shape index (κ1) is 14.8. The number of ketones is 1. The second kappa shape index (κ2) is 5.79. The van der Waals surface area contributed by atoms with Gasteiger partial charge in [0.25, 0.3) is 0 Å². The van der Waals surface area contributed by atoms with E-state index in [0.29, 0.717) is 11.3 Å². The van der Waals surface area contributed by atoms with Gasteiger partial charge in [0.15, 0.2) is 0 Å². The molecule has 0 N–H and O–H groups in total. The van der Waals surface area contributed by atoms with E-state index in [1.54, 1.807) is 22.0 Å². The van der Waals surface area contributed by atoms with E-state index in [2.05, 4.69) is 0 Å². The Bertz CT molecular complexity index is 753. The van der Waals surface area contributed by atoms with Crippen LogP contribution in [0.2, 0.25) is 0 Å². The van der Waals surface area contributed by atoms with Crippen LogP contribution >= 0.6 is 0 Å². The molecule has 2 aromatic rings. The van der Waals surface area contributed by atoms with Crippen LogP contribution in [0.4, 0.5) is 0 Å². The Morgan fingerprint density at radius 1 is 1.30 bits per heavy atom. The summed E-state index contributed by atoms with van der Waals surface area (Å²) in [5, 5.41) is 0. The fourth-order valence-electron chi connectivity index (χ4n) is 1.97. The topological polar surface area (TPSA) is 52.2 Å². The molecule has 0 spiro atoms. The van der Waals surface area contributed by atoms with Crippen LogP contribution in [0.15, 0.2) is 33.5 Å². The minimum absolute atomic E-state index is 0.221. The van der Waals surface area contributed by atoms with Gasteiger partial charge in [0.2, 0.25) is 0 Å². The molecule has 0 atom stereocenters. The van der Waals surface area contributed by atoms with E-state index < -0.39 is 0 Å². The summed E-state index contributed by atoms with van der Waals surface area (Å²) >= 11 is 0.783. The van der Waals surface area contributed by atoms with Gasteiger partial charge in [-0.1, -0.05) is 0 Å². The summed E-state index contributed by atoms with van der Waals surface area (Å²) in [6.45, 7) is 5.48. The molecule has 2 heterocycles. The normalized spacial score (nSPS) is 11.2. The van der Waals surface area contributed by atoms with E-state index in [1.165, 1.54) is 6.08 Å². The maximum absolute atomic E-state index is 12.2. The zero-order valence-electron chi connectivity index (χ0n) is 11.5. The van der Waals surface area contributed by atoms with Gasteiger partial charge < -0.3 is 0 Å². The summed E-state index contributed by atoms with van der Waals surface area (Å²) < 4.78 is 6.94. The average Bonchev–Trinajstić information content (AvgIpc) is 2.79. The molecule has 0 saturated heterocycles. The number of hydrogen-bond acceptors (Lipinski definition) is 3. The first-order chi connectivity index (χ1) is 9.40. The van der Waals surface area contributed by atoms with Crippen molar-refractivity contribution in [3.05, 3.63) is 63.0 Å². The molecule has 0 radical (unpaired) electrons. The molecule has 0 aliphatic carbocycles. The molecule has 0 aliphatic heterocycles. The molecule has 0 unspecified atom stereocenters. The summed E-state index contributed by atoms with van der Waals surface area (Å²) in [6, 6.07) is 5.47. The van der Waals surface area contributed by atoms with Crippen molar-refractivity contribution in [3.8, 4) is 0 Å². The molecule has 4 nitrogen and oxygen atoms in total. The van der Waals surface area contributed by atoms with Crippen molar-refractivity contribution in [2.24, 2.45) is 0 Å². The molecule has 102 valence electrons. The van der Waals surface area contributed by atoms with Crippen LogP contribution in [0.5, 0.6) is 0 Å². The van der Waals surface area contributed by atoms with Crippen LogP contribution in [0.1, 0.15) is 33.1 Å². The van der Waals surface area contributed by atoms with Gasteiger partial charge >= 0.3 is 129 Å². The van der Waals surface area contributed by atoms with E-state index >= 15 is 0 Å². The first-order valence-corrected chi connectivity index (χ1v) is 7.55. The van der Waals surface area contributed by atoms with Gasteiger partial charge in [-0.25, -0.2) is 0 Å². The van der Waals surface area contributed by atoms with Gasteiger partial charge in [-0.05, 0) is 0 Å². The Kier molecular flexibility index (Phi) is 4.28. The van der Waals surface area contributed by atoms with Gasteiger partial charge in [-0.2, -0.15) is 0 Å². The van der Waals surface area contributed by atoms with Gasteiger partial charge in [-0.3, -0.25) is 0 Å². The summed E-state index contributed by atoms with van der Waals surface area (Å²) in [6.07, 6.45) is 2.97. The van der Waals surface area contributed by atoms with E-state index in [9.17, 15) is 9.59 Å². The Morgan fingerprint density at radius 2 is 2.00 bits per heavy atom. The number of aromatic nitrogens is 1. The molecule has 2 aromatic heterocycles. The van der Waals surface area contributed by atoms with Crippen molar-refractivity contribution in [3.63, 3.8) is 0 Å². The van der Waals surface area contributed by atoms with Crippen molar-refractivity contribution in [1.29, 1.82) is 0 Å². The van der Waals surface area contributed by atoms with Gasteiger partial charge in [0.1, 0.15) is 0 Å². The van der Waals surface area contributed by atoms with E-state index in [-0.39, 0.29) is 16.9 Å². The summed E-state index contributed by atoms with van der Waals surface area (Å²) in [7, 11) is 0. The van der Waals surface area contributed by atoms with Gasteiger partial charge in [0.05, 0.1) is 0 Å². The average molecular weight is 437 g/mol. The summed E-state index contributed by atoms with van der Waals surface area (Å²) in [4.78, 5) is 24.4. The van der Waals surface area contributed by atoms with Gasteiger partial charge in [0, 0.05) is 0 Å². The molecule has 0 amide bonds. The predicted molar refractivity (Wildman–Crippen MR) is 72.4 cm³/mol. The number of furan rings is 1. The zero-order chi connectivity index (χ0) is 14.9. The van der Waals surface area contributed by atoms with Crippen LogP contribution < -0.4 is 5.56 Å². The second-order valence-corrected chi connectivity index (χ2v) is 6.04. The number of nitrogens with zero attached hydrogens (tertiary/aromatic N) is 1. The number of hydrogen-bond donors (Lipinski definition) is 0. The molecule has 0 fully saturated rings. The Morgan fingerprint density at radius 3 is 2.60 bits per heavy atom. The SMILES string of the molecule is Cc1ccc(/C=C/C(=O)c2c(C)cc(C)[n]([Ta])c2=O)o1. The summed E-state index contributed by atoms with van der Waals surface area (Å²) in [5.74, 6) is 1.09. The molecular weight excluding hydrogens is 423 g/mol. The predicted octanol–water partition coefficient (Wildman–Crippen LogP) is 2.57. The fraction of sp³-hybridized carbons (Fsp3) is 0.200. The van der Waals surface area contributed by atoms with Crippen molar-refractivity contribution in [2.75, 3.05) is 0 Å². The quantitative estimate of drug-likeness (QED) is 0.548. The fourth-order valence-corrected chi connectivity index (χ4v) is 2.53. The standard InChI is InChI=1S/C15H15NO3.Ta/c1-9-8-10(2)16-15(18)14(9)13(17)7-6-12-5-4-11(3)19-12;/h4-8H,1-3H3,(H,16,17,18);/q;+1/p-1/b7-6+;. The second-order valence-electron chi connectivity index (χ2n) is 4.61. The van der Waals surface area contributed by atoms with Gasteiger partial charge in [-0.15, -0.1) is 0 Å². The molecule has 0 saturated carbocycles. The van der Waals surface area contributed by atoms with Crippen molar-refractivity contribution in [1.82, 2.24) is 2.97 Å². The Labute approximate surface area is 129 Å². The first-order valence-electron chi connectivity index (χ1n) is 6.11. The number of aryl methyl sites for hydroxylation is 3. The molecular formula is C15H14NO3Ta. The molecule has 0 aliphatic rings. The Balaban J connectivity index is 2.37. The maximum atomic E-state index is 12.2. The number of rotatable bonds is 3. The van der Waals surface area contributed by atoms with Crippen molar-refractivity contribution in [2.45, 2.75) is 20.8 Å². The van der Waals surface area contributed by atoms with E-state index in [1.807, 2.05) is 26.0 Å². The molecule has 0 aromatic carbocycles. The third kappa shape index (κ3) is 2.93.